The summed E-state index contributed by atoms with van der Waals surface area (Å²) >= 11 is 0. The maximum Gasteiger partial charge on any atom is 0.0719 e. The van der Waals surface area contributed by atoms with Crippen LogP contribution in [0.15, 0.2) is 0 Å². The highest BCUT2D eigenvalue weighted by atomic mass is 16.5. The fourth-order valence-corrected chi connectivity index (χ4v) is 2.93. The van der Waals surface area contributed by atoms with Gasteiger partial charge in [0.25, 0.3) is 0 Å². The molecule has 2 heteroatoms. The summed E-state index contributed by atoms with van der Waals surface area (Å²) in [6.45, 7) is 3.60. The second kappa shape index (κ2) is 4.19. The Bertz CT molecular complexity index is 187. The first-order valence-electron chi connectivity index (χ1n) is 6.01. The zero-order chi connectivity index (χ0) is 10.0. The largest absolute Gasteiger partial charge is 0.389 e. The van der Waals surface area contributed by atoms with E-state index in [9.17, 15) is 5.11 Å². The van der Waals surface area contributed by atoms with Crippen LogP contribution in [0.1, 0.15) is 45.4 Å². The van der Waals surface area contributed by atoms with E-state index in [2.05, 4.69) is 6.92 Å². The fraction of sp³-hybridized carbons (Fsp3) is 1.00. The molecule has 0 aromatic rings. The van der Waals surface area contributed by atoms with E-state index >= 15 is 0 Å². The van der Waals surface area contributed by atoms with Crippen LogP contribution in [0, 0.1) is 11.8 Å². The number of rotatable bonds is 2. The van der Waals surface area contributed by atoms with Gasteiger partial charge in [0.2, 0.25) is 0 Å². The smallest absolute Gasteiger partial charge is 0.0719 e. The lowest BCUT2D eigenvalue weighted by atomic mass is 9.77. The van der Waals surface area contributed by atoms with E-state index in [1.165, 1.54) is 25.7 Å². The monoisotopic (exact) mass is 198 g/mol. The van der Waals surface area contributed by atoms with Crippen molar-refractivity contribution in [3.05, 3.63) is 0 Å². The Morgan fingerprint density at radius 2 is 2.07 bits per heavy atom. The van der Waals surface area contributed by atoms with Gasteiger partial charge in [0.1, 0.15) is 0 Å². The third-order valence-electron chi connectivity index (χ3n) is 4.08. The molecular formula is C12H22O2. The number of hydrogen-bond donors (Lipinski definition) is 1. The van der Waals surface area contributed by atoms with Crippen LogP contribution in [0.2, 0.25) is 0 Å². The van der Waals surface area contributed by atoms with Gasteiger partial charge in [-0.25, -0.2) is 0 Å². The summed E-state index contributed by atoms with van der Waals surface area (Å²) in [5, 5.41) is 10.5. The normalized spacial score (nSPS) is 40.3. The van der Waals surface area contributed by atoms with Gasteiger partial charge >= 0.3 is 0 Å². The fourth-order valence-electron chi connectivity index (χ4n) is 2.93. The lowest BCUT2D eigenvalue weighted by Crippen LogP contribution is -2.45. The SMILES string of the molecule is CC1COCCC1(O)CC1CCCC1. The molecule has 2 aliphatic rings. The molecule has 0 amide bonds. The van der Waals surface area contributed by atoms with Crippen LogP contribution in [0.3, 0.4) is 0 Å². The second-order valence-corrected chi connectivity index (χ2v) is 5.18. The molecule has 1 saturated carbocycles. The van der Waals surface area contributed by atoms with Crippen LogP contribution < -0.4 is 0 Å². The standard InChI is InChI=1S/C12H22O2/c1-10-9-14-7-6-12(10,13)8-11-4-2-3-5-11/h10-11,13H,2-9H2,1H3. The molecule has 0 radical (unpaired) electrons. The van der Waals surface area contributed by atoms with Gasteiger partial charge < -0.3 is 9.84 Å². The topological polar surface area (TPSA) is 29.5 Å². The van der Waals surface area contributed by atoms with Crippen LogP contribution in [-0.2, 0) is 4.74 Å². The molecule has 1 aliphatic heterocycles. The van der Waals surface area contributed by atoms with E-state index in [0.29, 0.717) is 5.92 Å². The molecule has 2 rings (SSSR count). The molecule has 1 aliphatic carbocycles. The Balaban J connectivity index is 1.92. The van der Waals surface area contributed by atoms with Crippen molar-refractivity contribution in [1.29, 1.82) is 0 Å². The van der Waals surface area contributed by atoms with Gasteiger partial charge in [0.15, 0.2) is 0 Å². The minimum Gasteiger partial charge on any atom is -0.389 e. The number of aliphatic hydroxyl groups is 1. The van der Waals surface area contributed by atoms with Gasteiger partial charge in [0.05, 0.1) is 12.2 Å². The summed E-state index contributed by atoms with van der Waals surface area (Å²) < 4.78 is 5.38. The van der Waals surface area contributed by atoms with Gasteiger partial charge in [-0.1, -0.05) is 32.6 Å². The first-order chi connectivity index (χ1) is 6.71. The summed E-state index contributed by atoms with van der Waals surface area (Å²) in [5.74, 6) is 1.09. The van der Waals surface area contributed by atoms with Gasteiger partial charge in [-0.3, -0.25) is 0 Å². The van der Waals surface area contributed by atoms with E-state index in [1.807, 2.05) is 0 Å². The Kier molecular flexibility index (Phi) is 3.13. The van der Waals surface area contributed by atoms with Crippen LogP contribution in [0.25, 0.3) is 0 Å². The molecule has 14 heavy (non-hydrogen) atoms. The zero-order valence-electron chi connectivity index (χ0n) is 9.17. The molecular weight excluding hydrogens is 176 g/mol. The summed E-state index contributed by atoms with van der Waals surface area (Å²) in [6, 6.07) is 0. The summed E-state index contributed by atoms with van der Waals surface area (Å²) in [7, 11) is 0. The van der Waals surface area contributed by atoms with Crippen molar-refractivity contribution in [2.45, 2.75) is 51.0 Å². The molecule has 0 spiro atoms. The van der Waals surface area contributed by atoms with Gasteiger partial charge in [-0.05, 0) is 18.8 Å². The Morgan fingerprint density at radius 3 is 2.71 bits per heavy atom. The van der Waals surface area contributed by atoms with Gasteiger partial charge in [0, 0.05) is 12.5 Å². The highest BCUT2D eigenvalue weighted by molar-refractivity contribution is 4.89. The van der Waals surface area contributed by atoms with Gasteiger partial charge in [-0.15, -0.1) is 0 Å². The molecule has 1 saturated heterocycles. The predicted molar refractivity (Wildman–Crippen MR) is 56.1 cm³/mol. The summed E-state index contributed by atoms with van der Waals surface area (Å²) in [5.41, 5.74) is -0.423. The average molecular weight is 198 g/mol. The van der Waals surface area contributed by atoms with Crippen molar-refractivity contribution >= 4 is 0 Å². The number of ether oxygens (including phenoxy) is 1. The highest BCUT2D eigenvalue weighted by Crippen LogP contribution is 2.38. The van der Waals surface area contributed by atoms with Crippen molar-refractivity contribution in [2.75, 3.05) is 13.2 Å². The first-order valence-corrected chi connectivity index (χ1v) is 6.01. The maximum atomic E-state index is 10.5. The number of hydrogen-bond acceptors (Lipinski definition) is 2. The molecule has 0 bridgehead atoms. The van der Waals surface area contributed by atoms with Crippen molar-refractivity contribution < 1.29 is 9.84 Å². The lowest BCUT2D eigenvalue weighted by molar-refractivity contribution is -0.117. The van der Waals surface area contributed by atoms with Crippen LogP contribution in [0.4, 0.5) is 0 Å². The quantitative estimate of drug-likeness (QED) is 0.738. The molecule has 0 aromatic carbocycles. The predicted octanol–water partition coefficient (Wildman–Crippen LogP) is 2.35. The molecule has 0 aromatic heterocycles. The van der Waals surface area contributed by atoms with Crippen molar-refractivity contribution in [3.63, 3.8) is 0 Å². The molecule has 1 heterocycles. The zero-order valence-corrected chi connectivity index (χ0v) is 9.17. The summed E-state index contributed by atoms with van der Waals surface area (Å²) in [4.78, 5) is 0. The molecule has 2 fully saturated rings. The first kappa shape index (κ1) is 10.4. The van der Waals surface area contributed by atoms with Crippen LogP contribution in [-0.4, -0.2) is 23.9 Å². The minimum atomic E-state index is -0.423. The average Bonchev–Trinajstić information content (AvgIpc) is 2.63. The second-order valence-electron chi connectivity index (χ2n) is 5.18. The molecule has 2 unspecified atom stereocenters. The Morgan fingerprint density at radius 1 is 1.36 bits per heavy atom. The van der Waals surface area contributed by atoms with Crippen LogP contribution >= 0.6 is 0 Å². The third kappa shape index (κ3) is 2.12. The van der Waals surface area contributed by atoms with Crippen molar-refractivity contribution in [1.82, 2.24) is 0 Å². The molecule has 2 nitrogen and oxygen atoms in total. The van der Waals surface area contributed by atoms with E-state index in [1.54, 1.807) is 0 Å². The van der Waals surface area contributed by atoms with Crippen molar-refractivity contribution in [2.24, 2.45) is 11.8 Å². The van der Waals surface area contributed by atoms with E-state index in [4.69, 9.17) is 4.74 Å². The maximum absolute atomic E-state index is 10.5. The Labute approximate surface area is 86.6 Å². The molecule has 1 N–H and O–H groups in total. The Hall–Kier alpha value is -0.0800. The van der Waals surface area contributed by atoms with E-state index in [-0.39, 0.29) is 0 Å². The van der Waals surface area contributed by atoms with Crippen LogP contribution in [0.5, 0.6) is 0 Å². The highest BCUT2D eigenvalue weighted by Gasteiger charge is 2.38. The van der Waals surface area contributed by atoms with E-state index in [0.717, 1.165) is 32.0 Å². The molecule has 2 atom stereocenters. The molecule has 82 valence electrons. The van der Waals surface area contributed by atoms with Crippen molar-refractivity contribution in [3.8, 4) is 0 Å². The van der Waals surface area contributed by atoms with E-state index < -0.39 is 5.60 Å². The third-order valence-corrected chi connectivity index (χ3v) is 4.08. The lowest BCUT2D eigenvalue weighted by Gasteiger charge is -2.39. The van der Waals surface area contributed by atoms with Gasteiger partial charge in [-0.2, -0.15) is 0 Å². The summed E-state index contributed by atoms with van der Waals surface area (Å²) in [6.07, 6.45) is 7.24. The minimum absolute atomic E-state index is 0.317.